The topological polar surface area (TPSA) is 25.2 Å². The summed E-state index contributed by atoms with van der Waals surface area (Å²) in [7, 11) is 2.04. The number of hydrogen-bond acceptors (Lipinski definition) is 2. The fourth-order valence-electron chi connectivity index (χ4n) is 3.87. The summed E-state index contributed by atoms with van der Waals surface area (Å²) >= 11 is 6.23. The van der Waals surface area contributed by atoms with Crippen molar-refractivity contribution in [3.05, 3.63) is 35.0 Å². The summed E-state index contributed by atoms with van der Waals surface area (Å²) in [5, 5.41) is 5.29. The van der Waals surface area contributed by atoms with Crippen molar-refractivity contribution in [1.29, 1.82) is 0 Å². The molecule has 0 radical (unpaired) electrons. The summed E-state index contributed by atoms with van der Waals surface area (Å²) in [4.78, 5) is 0. The van der Waals surface area contributed by atoms with Crippen LogP contribution >= 0.6 is 11.6 Å². The predicted octanol–water partition coefficient (Wildman–Crippen LogP) is 5.32. The Labute approximate surface area is 125 Å². The maximum atomic E-state index is 6.23. The normalized spacial score (nSPS) is 19.6. The molecule has 1 saturated carbocycles. The summed E-state index contributed by atoms with van der Waals surface area (Å²) in [6, 6.07) is 8.35. The lowest BCUT2D eigenvalue weighted by molar-refractivity contribution is 0.175. The quantitative estimate of drug-likeness (QED) is 0.825. The van der Waals surface area contributed by atoms with Crippen LogP contribution in [-0.2, 0) is 0 Å². The van der Waals surface area contributed by atoms with Crippen molar-refractivity contribution in [2.24, 2.45) is 5.41 Å². The Morgan fingerprint density at radius 1 is 1.35 bits per heavy atom. The number of benzene rings is 1. The van der Waals surface area contributed by atoms with Crippen molar-refractivity contribution in [2.45, 2.75) is 45.1 Å². The number of rotatable bonds is 4. The van der Waals surface area contributed by atoms with E-state index in [0.29, 0.717) is 10.4 Å². The van der Waals surface area contributed by atoms with E-state index in [1.54, 1.807) is 0 Å². The molecule has 1 aliphatic carbocycles. The highest BCUT2D eigenvalue weighted by Gasteiger charge is 2.41. The van der Waals surface area contributed by atoms with Gasteiger partial charge in [0.2, 0.25) is 0 Å². The molecule has 1 aromatic heterocycles. The van der Waals surface area contributed by atoms with Crippen LogP contribution in [0, 0.1) is 5.41 Å². The smallest absolute Gasteiger partial charge is 0.152 e. The van der Waals surface area contributed by atoms with Gasteiger partial charge in [-0.15, -0.1) is 0 Å². The summed E-state index contributed by atoms with van der Waals surface area (Å²) in [6.45, 7) is 2.30. The average Bonchev–Trinajstić information content (AvgIpc) is 3.08. The molecule has 20 heavy (non-hydrogen) atoms. The molecule has 2 aromatic rings. The zero-order valence-corrected chi connectivity index (χ0v) is 13.0. The van der Waals surface area contributed by atoms with Gasteiger partial charge in [-0.25, -0.2) is 0 Å². The highest BCUT2D eigenvalue weighted by molar-refractivity contribution is 6.34. The van der Waals surface area contributed by atoms with Crippen molar-refractivity contribution in [3.63, 3.8) is 0 Å². The zero-order chi connectivity index (χ0) is 14.2. The molecule has 108 valence electrons. The second-order valence-corrected chi connectivity index (χ2v) is 6.36. The molecule has 0 amide bonds. The first-order valence-corrected chi connectivity index (χ1v) is 7.93. The number of fused-ring (bicyclic) bond motifs is 1. The minimum atomic E-state index is 0.276. The van der Waals surface area contributed by atoms with Crippen LogP contribution in [0.5, 0.6) is 0 Å². The van der Waals surface area contributed by atoms with Crippen LogP contribution in [0.2, 0.25) is 5.02 Å². The highest BCUT2D eigenvalue weighted by Crippen LogP contribution is 2.50. The van der Waals surface area contributed by atoms with E-state index in [1.165, 1.54) is 32.1 Å². The van der Waals surface area contributed by atoms with Gasteiger partial charge in [0.05, 0.1) is 11.1 Å². The minimum Gasteiger partial charge on any atom is -0.458 e. The van der Waals surface area contributed by atoms with Crippen LogP contribution in [-0.4, -0.2) is 7.05 Å². The molecule has 1 aromatic carbocycles. The largest absolute Gasteiger partial charge is 0.458 e. The Morgan fingerprint density at radius 2 is 2.10 bits per heavy atom. The summed E-state index contributed by atoms with van der Waals surface area (Å²) in [5.41, 5.74) is 1.14. The molecule has 0 bridgehead atoms. The molecule has 3 rings (SSSR count). The molecule has 0 spiro atoms. The summed E-state index contributed by atoms with van der Waals surface area (Å²) in [5.74, 6) is 1.03. The van der Waals surface area contributed by atoms with Crippen molar-refractivity contribution < 1.29 is 4.42 Å². The molecule has 2 nitrogen and oxygen atoms in total. The Morgan fingerprint density at radius 3 is 2.70 bits per heavy atom. The molecule has 1 unspecified atom stereocenters. The number of furan rings is 1. The van der Waals surface area contributed by atoms with Crippen LogP contribution in [0.1, 0.15) is 50.8 Å². The third-order valence-corrected chi connectivity index (χ3v) is 5.30. The fraction of sp³-hybridized carbons (Fsp3) is 0.529. The van der Waals surface area contributed by atoms with Gasteiger partial charge in [0.1, 0.15) is 5.76 Å². The van der Waals surface area contributed by atoms with Gasteiger partial charge in [-0.2, -0.15) is 0 Å². The highest BCUT2D eigenvalue weighted by atomic mass is 35.5. The molecule has 1 atom stereocenters. The van der Waals surface area contributed by atoms with Crippen molar-refractivity contribution in [3.8, 4) is 0 Å². The SMILES string of the molecule is CCC1(C(NC)c2cc3cccc(Cl)c3o2)CCCC1. The van der Waals surface area contributed by atoms with E-state index in [1.807, 2.05) is 19.2 Å². The first kappa shape index (κ1) is 14.0. The monoisotopic (exact) mass is 291 g/mol. The van der Waals surface area contributed by atoms with E-state index in [-0.39, 0.29) is 6.04 Å². The number of nitrogens with one attached hydrogen (secondary N) is 1. The van der Waals surface area contributed by atoms with E-state index < -0.39 is 0 Å². The molecule has 1 N–H and O–H groups in total. The molecule has 0 aliphatic heterocycles. The van der Waals surface area contributed by atoms with E-state index >= 15 is 0 Å². The summed E-state index contributed by atoms with van der Waals surface area (Å²) < 4.78 is 6.10. The Kier molecular flexibility index (Phi) is 3.78. The van der Waals surface area contributed by atoms with Crippen LogP contribution in [0.4, 0.5) is 0 Å². The zero-order valence-electron chi connectivity index (χ0n) is 12.2. The van der Waals surface area contributed by atoms with E-state index in [0.717, 1.165) is 16.7 Å². The summed E-state index contributed by atoms with van der Waals surface area (Å²) in [6.07, 6.45) is 6.39. The first-order valence-electron chi connectivity index (χ1n) is 7.55. The molecule has 1 fully saturated rings. The number of para-hydroxylation sites is 1. The van der Waals surface area contributed by atoms with Crippen LogP contribution < -0.4 is 5.32 Å². The molecule has 0 saturated heterocycles. The second kappa shape index (κ2) is 5.42. The Hall–Kier alpha value is -0.990. The lowest BCUT2D eigenvalue weighted by Gasteiger charge is -2.35. The van der Waals surface area contributed by atoms with E-state index in [2.05, 4.69) is 24.4 Å². The van der Waals surface area contributed by atoms with E-state index in [9.17, 15) is 0 Å². The van der Waals surface area contributed by atoms with Crippen molar-refractivity contribution in [2.75, 3.05) is 7.05 Å². The standard InChI is InChI=1S/C17H22ClNO/c1-3-17(9-4-5-10-17)16(19-2)14-11-12-7-6-8-13(18)15(12)20-14/h6-8,11,16,19H,3-5,9-10H2,1-2H3. The fourth-order valence-corrected chi connectivity index (χ4v) is 4.09. The van der Waals surface area contributed by atoms with Gasteiger partial charge in [-0.3, -0.25) is 0 Å². The second-order valence-electron chi connectivity index (χ2n) is 5.95. The van der Waals surface area contributed by atoms with Gasteiger partial charge in [-0.1, -0.05) is 43.5 Å². The van der Waals surface area contributed by atoms with Gasteiger partial charge >= 0.3 is 0 Å². The van der Waals surface area contributed by atoms with Gasteiger partial charge in [-0.05, 0) is 43.9 Å². The van der Waals surface area contributed by atoms with E-state index in [4.69, 9.17) is 16.0 Å². The van der Waals surface area contributed by atoms with Crippen LogP contribution in [0.25, 0.3) is 11.0 Å². The average molecular weight is 292 g/mol. The molecular formula is C17H22ClNO. The van der Waals surface area contributed by atoms with Gasteiger partial charge < -0.3 is 9.73 Å². The van der Waals surface area contributed by atoms with Gasteiger partial charge in [0.25, 0.3) is 0 Å². The Bertz CT molecular complexity index is 598. The van der Waals surface area contributed by atoms with Crippen molar-refractivity contribution >= 4 is 22.6 Å². The van der Waals surface area contributed by atoms with Gasteiger partial charge in [0, 0.05) is 5.39 Å². The molecule has 1 aliphatic rings. The van der Waals surface area contributed by atoms with Crippen LogP contribution in [0.15, 0.2) is 28.7 Å². The molecule has 3 heteroatoms. The van der Waals surface area contributed by atoms with Gasteiger partial charge in [0.15, 0.2) is 5.58 Å². The number of halogens is 1. The number of hydrogen-bond donors (Lipinski definition) is 1. The lowest BCUT2D eigenvalue weighted by atomic mass is 9.75. The molecule has 1 heterocycles. The maximum Gasteiger partial charge on any atom is 0.152 e. The molecular weight excluding hydrogens is 270 g/mol. The maximum absolute atomic E-state index is 6.23. The first-order chi connectivity index (χ1) is 9.70. The Balaban J connectivity index is 2.05. The van der Waals surface area contributed by atoms with Crippen molar-refractivity contribution in [1.82, 2.24) is 5.32 Å². The lowest BCUT2D eigenvalue weighted by Crippen LogP contribution is -2.33. The van der Waals surface area contributed by atoms with Crippen LogP contribution in [0.3, 0.4) is 0 Å². The third-order valence-electron chi connectivity index (χ3n) is 5.00. The predicted molar refractivity (Wildman–Crippen MR) is 84.2 cm³/mol. The minimum absolute atomic E-state index is 0.276. The third kappa shape index (κ3) is 2.15.